The molecule has 1 amide bonds. The molecule has 0 spiro atoms. The summed E-state index contributed by atoms with van der Waals surface area (Å²) in [5.74, 6) is 0. The Labute approximate surface area is 218 Å². The highest BCUT2D eigenvalue weighted by molar-refractivity contribution is 7.18. The number of hydrogen-bond acceptors (Lipinski definition) is 9. The van der Waals surface area contributed by atoms with Gasteiger partial charge in [0.1, 0.15) is 6.07 Å². The van der Waals surface area contributed by atoms with Crippen molar-refractivity contribution in [1.29, 1.82) is 5.26 Å². The minimum absolute atomic E-state index is 0.169. The molecule has 2 saturated heterocycles. The van der Waals surface area contributed by atoms with Gasteiger partial charge in [-0.25, -0.2) is 4.52 Å². The molecule has 4 aromatic rings. The molecule has 4 aromatic heterocycles. The first-order chi connectivity index (χ1) is 18.0. The topological polar surface area (TPSA) is 124 Å². The second-order valence-electron chi connectivity index (χ2n) is 10.1. The van der Waals surface area contributed by atoms with Gasteiger partial charge in [-0.2, -0.15) is 10.4 Å². The average Bonchev–Trinajstić information content (AvgIpc) is 3.56. The van der Waals surface area contributed by atoms with Crippen LogP contribution in [-0.2, 0) is 4.79 Å². The molecule has 11 heteroatoms. The monoisotopic (exact) mass is 513 g/mol. The van der Waals surface area contributed by atoms with E-state index in [-0.39, 0.29) is 11.6 Å². The zero-order chi connectivity index (χ0) is 25.6. The van der Waals surface area contributed by atoms with Gasteiger partial charge in [-0.05, 0) is 63.8 Å². The van der Waals surface area contributed by atoms with Crippen molar-refractivity contribution in [3.63, 3.8) is 0 Å². The molecular formula is C26H27N9OS. The first kappa shape index (κ1) is 23.4. The van der Waals surface area contributed by atoms with Crippen LogP contribution in [0.3, 0.4) is 0 Å². The van der Waals surface area contributed by atoms with Gasteiger partial charge in [0.25, 0.3) is 0 Å². The van der Waals surface area contributed by atoms with Crippen LogP contribution in [0.1, 0.15) is 45.1 Å². The number of anilines is 2. The number of carbonyl (C=O) groups is 1. The lowest BCUT2D eigenvalue weighted by molar-refractivity contribution is -0.111. The molecule has 2 bridgehead atoms. The zero-order valence-electron chi connectivity index (χ0n) is 20.7. The third kappa shape index (κ3) is 4.17. The fourth-order valence-corrected chi connectivity index (χ4v) is 6.45. The molecule has 7 rings (SSSR count). The molecule has 0 aromatic carbocycles. The van der Waals surface area contributed by atoms with Crippen molar-refractivity contribution in [2.45, 2.75) is 57.2 Å². The quantitative estimate of drug-likeness (QED) is 0.357. The van der Waals surface area contributed by atoms with Crippen LogP contribution in [0.5, 0.6) is 0 Å². The highest BCUT2D eigenvalue weighted by Gasteiger charge is 2.45. The molecule has 3 aliphatic rings. The van der Waals surface area contributed by atoms with Crippen LogP contribution in [0.2, 0.25) is 0 Å². The predicted molar refractivity (Wildman–Crippen MR) is 142 cm³/mol. The van der Waals surface area contributed by atoms with E-state index in [1.165, 1.54) is 0 Å². The average molecular weight is 514 g/mol. The Morgan fingerprint density at radius 2 is 2.05 bits per heavy atom. The standard InChI is InChI=1S/C26H27N9OS/c1-16(2)31-21-10-22(23-4-3-19-9-17(11-27)12-30-35(19)23)28-13-20(21)24-32-33-25(37-24)34-14-26(29-15-36)7-5-18(34)6-8-26/h3-4,9-10,12-13,15-16,18H,5-8,14H2,1-2H3,(H,28,31)(H,29,36). The number of carbonyl (C=O) groups excluding carboxylic acids is 1. The molecule has 37 heavy (non-hydrogen) atoms. The summed E-state index contributed by atoms with van der Waals surface area (Å²) in [7, 11) is 0. The number of nitriles is 1. The van der Waals surface area contributed by atoms with Gasteiger partial charge in [0, 0.05) is 30.5 Å². The zero-order valence-corrected chi connectivity index (χ0v) is 21.5. The van der Waals surface area contributed by atoms with Gasteiger partial charge in [-0.3, -0.25) is 9.78 Å². The molecule has 0 atom stereocenters. The van der Waals surface area contributed by atoms with Crippen molar-refractivity contribution in [2.24, 2.45) is 0 Å². The summed E-state index contributed by atoms with van der Waals surface area (Å²) in [6.07, 6.45) is 8.33. The van der Waals surface area contributed by atoms with Crippen LogP contribution < -0.4 is 15.5 Å². The van der Waals surface area contributed by atoms with E-state index >= 15 is 0 Å². The van der Waals surface area contributed by atoms with Crippen LogP contribution in [0.25, 0.3) is 27.5 Å². The van der Waals surface area contributed by atoms with Gasteiger partial charge in [0.05, 0.1) is 39.8 Å². The third-order valence-corrected chi connectivity index (χ3v) is 8.32. The summed E-state index contributed by atoms with van der Waals surface area (Å²) < 4.78 is 1.79. The molecule has 2 N–H and O–H groups in total. The normalized spacial score (nSPS) is 20.8. The minimum Gasteiger partial charge on any atom is -0.382 e. The Hall–Kier alpha value is -4.04. The maximum Gasteiger partial charge on any atom is 0.208 e. The van der Waals surface area contributed by atoms with Crippen LogP contribution in [-0.4, -0.2) is 55.4 Å². The molecule has 6 heterocycles. The molecule has 1 saturated carbocycles. The SMILES string of the molecule is CC(C)Nc1cc(-c2ccc3cc(C#N)cnn23)ncc1-c1nnc(N2CC3(NC=O)CCC2CC3)s1. The van der Waals surface area contributed by atoms with Crippen molar-refractivity contribution in [2.75, 3.05) is 16.8 Å². The van der Waals surface area contributed by atoms with Crippen molar-refractivity contribution in [3.05, 3.63) is 42.2 Å². The van der Waals surface area contributed by atoms with Crippen molar-refractivity contribution in [3.8, 4) is 28.0 Å². The first-order valence-corrected chi connectivity index (χ1v) is 13.3. The highest BCUT2D eigenvalue weighted by atomic mass is 32.1. The molecule has 10 nitrogen and oxygen atoms in total. The van der Waals surface area contributed by atoms with E-state index in [9.17, 15) is 10.1 Å². The molecule has 3 fully saturated rings. The number of nitrogens with one attached hydrogen (secondary N) is 2. The Morgan fingerprint density at radius 1 is 1.22 bits per heavy atom. The molecule has 188 valence electrons. The van der Waals surface area contributed by atoms with Crippen molar-refractivity contribution in [1.82, 2.24) is 30.1 Å². The minimum atomic E-state index is -0.169. The van der Waals surface area contributed by atoms with Gasteiger partial charge in [-0.1, -0.05) is 11.3 Å². The Kier molecular flexibility index (Phi) is 5.76. The summed E-state index contributed by atoms with van der Waals surface area (Å²) in [6.45, 7) is 4.95. The fourth-order valence-electron chi connectivity index (χ4n) is 5.51. The molecule has 0 unspecified atom stereocenters. The Balaban J connectivity index is 1.34. The largest absolute Gasteiger partial charge is 0.382 e. The number of rotatable bonds is 7. The highest BCUT2D eigenvalue weighted by Crippen LogP contribution is 2.43. The van der Waals surface area contributed by atoms with Crippen LogP contribution in [0.15, 0.2) is 36.7 Å². The van der Waals surface area contributed by atoms with E-state index in [0.29, 0.717) is 11.6 Å². The van der Waals surface area contributed by atoms with Gasteiger partial charge in [-0.15, -0.1) is 10.2 Å². The maximum absolute atomic E-state index is 11.2. The second kappa shape index (κ2) is 9.12. The number of amides is 1. The van der Waals surface area contributed by atoms with Gasteiger partial charge < -0.3 is 15.5 Å². The lowest BCUT2D eigenvalue weighted by Crippen LogP contribution is -2.64. The summed E-state index contributed by atoms with van der Waals surface area (Å²) in [6, 6.07) is 10.5. The lowest BCUT2D eigenvalue weighted by Gasteiger charge is -2.52. The number of piperidine rings is 2. The van der Waals surface area contributed by atoms with Gasteiger partial charge >= 0.3 is 0 Å². The first-order valence-electron chi connectivity index (χ1n) is 12.5. The number of nitrogens with zero attached hydrogens (tertiary/aromatic N) is 7. The predicted octanol–water partition coefficient (Wildman–Crippen LogP) is 3.85. The molecule has 1 aliphatic carbocycles. The second-order valence-corrected chi connectivity index (χ2v) is 11.1. The van der Waals surface area contributed by atoms with Crippen molar-refractivity contribution >= 4 is 34.1 Å². The Morgan fingerprint density at radius 3 is 2.81 bits per heavy atom. The molecule has 0 radical (unpaired) electrons. The van der Waals surface area contributed by atoms with E-state index < -0.39 is 0 Å². The summed E-state index contributed by atoms with van der Waals surface area (Å²) in [5, 5.41) is 31.0. The molecule has 2 aliphatic heterocycles. The number of aromatic nitrogens is 5. The van der Waals surface area contributed by atoms with Gasteiger partial charge in [0.2, 0.25) is 11.5 Å². The van der Waals surface area contributed by atoms with Crippen LogP contribution in [0.4, 0.5) is 10.8 Å². The smallest absolute Gasteiger partial charge is 0.208 e. The fraction of sp³-hybridized carbons (Fsp3) is 0.385. The van der Waals surface area contributed by atoms with Crippen LogP contribution in [0, 0.1) is 11.3 Å². The number of fused-ring (bicyclic) bond motifs is 4. The summed E-state index contributed by atoms with van der Waals surface area (Å²) >= 11 is 1.56. The van der Waals surface area contributed by atoms with Crippen LogP contribution >= 0.6 is 11.3 Å². The number of pyridine rings is 1. The number of hydrogen-bond donors (Lipinski definition) is 2. The van der Waals surface area contributed by atoms with E-state index in [2.05, 4.69) is 50.7 Å². The van der Waals surface area contributed by atoms with E-state index in [1.807, 2.05) is 30.5 Å². The Bertz CT molecular complexity index is 1510. The molecular weight excluding hydrogens is 486 g/mol. The summed E-state index contributed by atoms with van der Waals surface area (Å²) in [4.78, 5) is 18.3. The maximum atomic E-state index is 11.2. The van der Waals surface area contributed by atoms with E-state index in [1.54, 1.807) is 22.0 Å². The van der Waals surface area contributed by atoms with E-state index in [4.69, 9.17) is 4.98 Å². The lowest BCUT2D eigenvalue weighted by atomic mass is 9.74. The van der Waals surface area contributed by atoms with Crippen molar-refractivity contribution < 1.29 is 4.79 Å². The summed E-state index contributed by atoms with van der Waals surface area (Å²) in [5.41, 5.74) is 4.61. The van der Waals surface area contributed by atoms with Gasteiger partial charge in [0.15, 0.2) is 5.01 Å². The third-order valence-electron chi connectivity index (χ3n) is 7.32. The van der Waals surface area contributed by atoms with E-state index in [0.717, 1.165) is 76.9 Å².